The fourth-order valence-corrected chi connectivity index (χ4v) is 3.11. The first-order valence-corrected chi connectivity index (χ1v) is 10.2. The first-order valence-electron chi connectivity index (χ1n) is 10.2. The lowest BCUT2D eigenvalue weighted by molar-refractivity contribution is -0.137. The molecule has 4 aromatic rings. The highest BCUT2D eigenvalue weighted by Gasteiger charge is 2.23. The van der Waals surface area contributed by atoms with Crippen molar-refractivity contribution < 1.29 is 19.4 Å². The van der Waals surface area contributed by atoms with Crippen molar-refractivity contribution in [2.24, 2.45) is 4.99 Å². The highest BCUT2D eigenvalue weighted by atomic mass is 16.6. The highest BCUT2D eigenvalue weighted by Crippen LogP contribution is 2.28. The number of carbonyl (C=O) groups is 2. The molecule has 0 aliphatic carbocycles. The molecule has 0 aliphatic rings. The minimum Gasteiger partial charge on any atom is -0.480 e. The van der Waals surface area contributed by atoms with E-state index in [1.54, 1.807) is 67.5 Å². The van der Waals surface area contributed by atoms with Crippen molar-refractivity contribution in [1.29, 1.82) is 0 Å². The van der Waals surface area contributed by atoms with Crippen LogP contribution in [0.5, 0.6) is 6.01 Å². The first-order chi connectivity index (χ1) is 16.4. The molecule has 1 amide bonds. The van der Waals surface area contributed by atoms with Crippen molar-refractivity contribution in [3.63, 3.8) is 0 Å². The molecule has 0 spiro atoms. The summed E-state index contributed by atoms with van der Waals surface area (Å²) in [6.07, 6.45) is 2.08. The number of para-hydroxylation sites is 2. The van der Waals surface area contributed by atoms with Gasteiger partial charge in [-0.15, -0.1) is 0 Å². The molecular formula is C23H21N7O4. The number of amides is 1. The van der Waals surface area contributed by atoms with Crippen LogP contribution >= 0.6 is 0 Å². The van der Waals surface area contributed by atoms with Crippen LogP contribution in [0.3, 0.4) is 0 Å². The Hall–Kier alpha value is -4.80. The average molecular weight is 459 g/mol. The van der Waals surface area contributed by atoms with E-state index < -0.39 is 12.1 Å². The van der Waals surface area contributed by atoms with E-state index in [0.717, 1.165) is 0 Å². The summed E-state index contributed by atoms with van der Waals surface area (Å²) < 4.78 is 6.88. The number of hydrogen-bond acceptors (Lipinski definition) is 7. The number of aromatic nitrogens is 4. The molecule has 0 radical (unpaired) electrons. The Kier molecular flexibility index (Phi) is 6.44. The van der Waals surface area contributed by atoms with Gasteiger partial charge in [0.2, 0.25) is 0 Å². The van der Waals surface area contributed by atoms with Crippen molar-refractivity contribution in [3.05, 3.63) is 67.0 Å². The van der Waals surface area contributed by atoms with Crippen LogP contribution in [0.1, 0.15) is 0 Å². The number of carbonyl (C=O) groups excluding carboxylic acids is 1. The monoisotopic (exact) mass is 459 g/mol. The number of ether oxygens (including phenoxy) is 1. The quantitative estimate of drug-likeness (QED) is 0.329. The maximum absolute atomic E-state index is 13.3. The van der Waals surface area contributed by atoms with Gasteiger partial charge in [0.1, 0.15) is 6.54 Å². The topological polar surface area (TPSA) is 126 Å². The molecule has 4 rings (SSSR count). The number of aliphatic carboxylic acids is 1. The SMILES string of the molecule is CN(C)/C=N/c1nc(OC(=O)N(c2ccccc2)c2ccccc2)nc2c1ncn2CC(=O)O. The average Bonchev–Trinajstić information content (AvgIpc) is 3.21. The molecule has 1 N–H and O–H groups in total. The third-order valence-electron chi connectivity index (χ3n) is 4.53. The van der Waals surface area contributed by atoms with E-state index in [4.69, 9.17) is 4.74 Å². The van der Waals surface area contributed by atoms with Crippen LogP contribution < -0.4 is 9.64 Å². The van der Waals surface area contributed by atoms with Crippen molar-refractivity contribution in [2.75, 3.05) is 19.0 Å². The van der Waals surface area contributed by atoms with Gasteiger partial charge >= 0.3 is 18.1 Å². The Labute approximate surface area is 194 Å². The number of anilines is 2. The standard InChI is InChI=1S/C23H21N7O4/c1-28(2)14-25-20-19-21(29(15-24-19)13-18(31)32)27-22(26-20)34-23(33)30(16-9-5-3-6-10-16)17-11-7-4-8-12-17/h3-12,14-15H,13H2,1-2H3,(H,31,32)/b25-14+. The van der Waals surface area contributed by atoms with Crippen molar-refractivity contribution in [1.82, 2.24) is 24.4 Å². The zero-order valence-corrected chi connectivity index (χ0v) is 18.4. The third-order valence-corrected chi connectivity index (χ3v) is 4.53. The van der Waals surface area contributed by atoms with Gasteiger partial charge in [-0.3, -0.25) is 4.79 Å². The number of rotatable bonds is 7. The van der Waals surface area contributed by atoms with Gasteiger partial charge in [-0.25, -0.2) is 19.7 Å². The summed E-state index contributed by atoms with van der Waals surface area (Å²) in [5.41, 5.74) is 1.63. The number of nitrogens with zero attached hydrogens (tertiary/aromatic N) is 7. The van der Waals surface area contributed by atoms with Gasteiger partial charge in [0, 0.05) is 14.1 Å². The smallest absolute Gasteiger partial charge is 0.426 e. The van der Waals surface area contributed by atoms with Gasteiger partial charge in [-0.1, -0.05) is 36.4 Å². The predicted molar refractivity (Wildman–Crippen MR) is 126 cm³/mol. The fourth-order valence-electron chi connectivity index (χ4n) is 3.11. The van der Waals surface area contributed by atoms with Crippen molar-refractivity contribution >= 4 is 46.8 Å². The summed E-state index contributed by atoms with van der Waals surface area (Å²) >= 11 is 0. The van der Waals surface area contributed by atoms with Crippen molar-refractivity contribution in [2.45, 2.75) is 6.54 Å². The number of carboxylic acid groups (broad SMARTS) is 1. The maximum Gasteiger partial charge on any atom is 0.426 e. The normalized spacial score (nSPS) is 11.0. The second kappa shape index (κ2) is 9.77. The molecule has 11 heteroatoms. The van der Waals surface area contributed by atoms with Crippen LogP contribution in [-0.2, 0) is 11.3 Å². The summed E-state index contributed by atoms with van der Waals surface area (Å²) in [4.78, 5) is 44.6. The number of imidazole rings is 1. The van der Waals surface area contributed by atoms with E-state index in [2.05, 4.69) is 19.9 Å². The van der Waals surface area contributed by atoms with Crippen LogP contribution in [0.25, 0.3) is 11.2 Å². The number of benzene rings is 2. The molecule has 0 aliphatic heterocycles. The lowest BCUT2D eigenvalue weighted by atomic mass is 10.2. The summed E-state index contributed by atoms with van der Waals surface area (Å²) in [5.74, 6) is -0.939. The zero-order valence-electron chi connectivity index (χ0n) is 18.4. The lowest BCUT2D eigenvalue weighted by Crippen LogP contribution is -2.29. The minimum atomic E-state index is -1.07. The summed E-state index contributed by atoms with van der Waals surface area (Å²) in [5, 5.41) is 9.21. The Bertz CT molecular complexity index is 1300. The molecule has 2 heterocycles. The van der Waals surface area contributed by atoms with Crippen molar-refractivity contribution in [3.8, 4) is 6.01 Å². The van der Waals surface area contributed by atoms with Gasteiger partial charge in [-0.2, -0.15) is 9.97 Å². The van der Waals surface area contributed by atoms with E-state index >= 15 is 0 Å². The molecule has 172 valence electrons. The van der Waals surface area contributed by atoms with E-state index in [9.17, 15) is 14.7 Å². The van der Waals surface area contributed by atoms with Gasteiger partial charge in [-0.05, 0) is 24.3 Å². The summed E-state index contributed by atoms with van der Waals surface area (Å²) in [6.45, 7) is -0.377. The van der Waals surface area contributed by atoms with E-state index in [1.165, 1.54) is 22.1 Å². The van der Waals surface area contributed by atoms with Crippen LogP contribution in [-0.4, -0.2) is 62.0 Å². The number of aliphatic imine (C=N–C) groups is 1. The van der Waals surface area contributed by atoms with Crippen LogP contribution in [0.4, 0.5) is 22.0 Å². The molecule has 0 fully saturated rings. The lowest BCUT2D eigenvalue weighted by Gasteiger charge is -2.21. The fraction of sp³-hybridized carbons (Fsp3) is 0.130. The predicted octanol–water partition coefficient (Wildman–Crippen LogP) is 3.47. The van der Waals surface area contributed by atoms with E-state index in [1.807, 2.05) is 12.1 Å². The second-order valence-electron chi connectivity index (χ2n) is 7.35. The summed E-state index contributed by atoms with van der Waals surface area (Å²) in [7, 11) is 3.56. The van der Waals surface area contributed by atoms with Gasteiger partial charge in [0.15, 0.2) is 17.0 Å². The molecule has 0 bridgehead atoms. The van der Waals surface area contributed by atoms with Gasteiger partial charge in [0.05, 0.1) is 24.0 Å². The molecule has 2 aromatic carbocycles. The van der Waals surface area contributed by atoms with E-state index in [-0.39, 0.29) is 29.5 Å². The molecule has 0 atom stereocenters. The highest BCUT2D eigenvalue weighted by molar-refractivity contribution is 5.97. The molecular weight excluding hydrogens is 438 g/mol. The van der Waals surface area contributed by atoms with Gasteiger partial charge in [0.25, 0.3) is 0 Å². The van der Waals surface area contributed by atoms with Crippen LogP contribution in [0.15, 0.2) is 72.0 Å². The Morgan fingerprint density at radius 2 is 1.65 bits per heavy atom. The minimum absolute atomic E-state index is 0.136. The first kappa shape index (κ1) is 22.4. The Morgan fingerprint density at radius 1 is 1.03 bits per heavy atom. The van der Waals surface area contributed by atoms with Crippen LogP contribution in [0.2, 0.25) is 0 Å². The molecule has 0 saturated heterocycles. The maximum atomic E-state index is 13.3. The molecule has 0 saturated carbocycles. The largest absolute Gasteiger partial charge is 0.480 e. The Morgan fingerprint density at radius 3 is 2.21 bits per heavy atom. The molecule has 2 aromatic heterocycles. The Balaban J connectivity index is 1.76. The molecule has 34 heavy (non-hydrogen) atoms. The second-order valence-corrected chi connectivity index (χ2v) is 7.35. The third kappa shape index (κ3) is 4.99. The van der Waals surface area contributed by atoms with E-state index in [0.29, 0.717) is 11.4 Å². The van der Waals surface area contributed by atoms with Gasteiger partial charge < -0.3 is 19.3 Å². The number of carboxylic acids is 1. The number of hydrogen-bond donors (Lipinski definition) is 1. The zero-order chi connectivity index (χ0) is 24.1. The summed E-state index contributed by atoms with van der Waals surface area (Å²) in [6, 6.07) is 17.7. The number of fused-ring (bicyclic) bond motifs is 1. The molecule has 11 nitrogen and oxygen atoms in total. The van der Waals surface area contributed by atoms with Crippen LogP contribution in [0, 0.1) is 0 Å². The molecule has 0 unspecified atom stereocenters.